The lowest BCUT2D eigenvalue weighted by atomic mass is 9.86. The number of carbonyl (C=O) groups excluding carboxylic acids is 2. The molecular formula is C11H22N2O3. The first-order valence-electron chi connectivity index (χ1n) is 5.34. The highest BCUT2D eigenvalue weighted by molar-refractivity contribution is 5.78. The Morgan fingerprint density at radius 1 is 1.19 bits per heavy atom. The van der Waals surface area contributed by atoms with Gasteiger partial charge in [-0.2, -0.15) is 0 Å². The second-order valence-electron chi connectivity index (χ2n) is 4.97. The molecule has 0 aromatic heterocycles. The summed E-state index contributed by atoms with van der Waals surface area (Å²) >= 11 is 0. The minimum absolute atomic E-state index is 0.158. The van der Waals surface area contributed by atoms with Gasteiger partial charge < -0.3 is 15.7 Å². The van der Waals surface area contributed by atoms with Crippen LogP contribution < -0.4 is 10.6 Å². The van der Waals surface area contributed by atoms with Crippen LogP contribution in [0.2, 0.25) is 0 Å². The van der Waals surface area contributed by atoms with E-state index in [4.69, 9.17) is 0 Å². The fourth-order valence-electron chi connectivity index (χ4n) is 0.916. The van der Waals surface area contributed by atoms with Gasteiger partial charge in [0.1, 0.15) is 0 Å². The van der Waals surface area contributed by atoms with E-state index in [1.807, 2.05) is 0 Å². The molecule has 0 radical (unpaired) electrons. The molecule has 5 heteroatoms. The second-order valence-corrected chi connectivity index (χ2v) is 4.97. The van der Waals surface area contributed by atoms with Crippen molar-refractivity contribution in [2.24, 2.45) is 0 Å². The number of carbonyl (C=O) groups is 2. The molecule has 0 saturated heterocycles. The fourth-order valence-corrected chi connectivity index (χ4v) is 0.916. The molecule has 0 rings (SSSR count). The molecule has 0 unspecified atom stereocenters. The molecule has 0 fully saturated rings. The maximum Gasteiger partial charge on any atom is 0.222 e. The molecule has 0 aromatic rings. The predicted octanol–water partition coefficient (Wildman–Crippen LogP) is 0.178. The van der Waals surface area contributed by atoms with E-state index in [-0.39, 0.29) is 18.2 Å². The topological polar surface area (TPSA) is 78.4 Å². The molecule has 16 heavy (non-hydrogen) atoms. The van der Waals surface area contributed by atoms with Crippen LogP contribution in [0.25, 0.3) is 0 Å². The number of hydrogen-bond acceptors (Lipinski definition) is 3. The quantitative estimate of drug-likeness (QED) is 0.630. The summed E-state index contributed by atoms with van der Waals surface area (Å²) in [5.74, 6) is -0.351. The summed E-state index contributed by atoms with van der Waals surface area (Å²) in [5, 5.41) is 15.1. The zero-order valence-electron chi connectivity index (χ0n) is 10.7. The van der Waals surface area contributed by atoms with Crippen molar-refractivity contribution in [1.82, 2.24) is 10.6 Å². The summed E-state index contributed by atoms with van der Waals surface area (Å²) in [4.78, 5) is 22.1. The molecular weight excluding hydrogens is 208 g/mol. The van der Waals surface area contributed by atoms with Crippen LogP contribution in [0.3, 0.4) is 0 Å². The number of rotatable bonds is 5. The van der Waals surface area contributed by atoms with Gasteiger partial charge in [-0.05, 0) is 27.7 Å². The SMILES string of the molecule is CC(=O)NCCC(=O)NC(C)(C)C(C)(C)O. The van der Waals surface area contributed by atoms with Gasteiger partial charge in [-0.15, -0.1) is 0 Å². The molecule has 0 aliphatic carbocycles. The van der Waals surface area contributed by atoms with E-state index in [2.05, 4.69) is 10.6 Å². The van der Waals surface area contributed by atoms with Crippen LogP contribution in [-0.4, -0.2) is 34.6 Å². The molecule has 2 amide bonds. The standard InChI is InChI=1S/C11H22N2O3/c1-8(14)12-7-6-9(15)13-10(2,3)11(4,5)16/h16H,6-7H2,1-5H3,(H,12,14)(H,13,15). The molecule has 0 atom stereocenters. The van der Waals surface area contributed by atoms with Crippen molar-refractivity contribution in [1.29, 1.82) is 0 Å². The van der Waals surface area contributed by atoms with E-state index >= 15 is 0 Å². The summed E-state index contributed by atoms with van der Waals surface area (Å²) in [6, 6.07) is 0. The Morgan fingerprint density at radius 2 is 1.69 bits per heavy atom. The van der Waals surface area contributed by atoms with Crippen LogP contribution in [0.15, 0.2) is 0 Å². The third-order valence-electron chi connectivity index (χ3n) is 2.71. The average Bonchev–Trinajstić information content (AvgIpc) is 1.99. The molecule has 0 spiro atoms. The predicted molar refractivity (Wildman–Crippen MR) is 61.8 cm³/mol. The average molecular weight is 230 g/mol. The van der Waals surface area contributed by atoms with E-state index in [1.165, 1.54) is 6.92 Å². The van der Waals surface area contributed by atoms with Crippen LogP contribution in [0, 0.1) is 0 Å². The van der Waals surface area contributed by atoms with Crippen LogP contribution in [0.1, 0.15) is 41.0 Å². The Kier molecular flexibility index (Phi) is 4.93. The summed E-state index contributed by atoms with van der Waals surface area (Å²) < 4.78 is 0. The maximum atomic E-state index is 11.5. The van der Waals surface area contributed by atoms with Gasteiger partial charge in [-0.3, -0.25) is 9.59 Å². The Labute approximate surface area is 96.6 Å². The monoisotopic (exact) mass is 230 g/mol. The van der Waals surface area contributed by atoms with E-state index in [0.29, 0.717) is 6.54 Å². The van der Waals surface area contributed by atoms with Gasteiger partial charge in [0.25, 0.3) is 0 Å². The molecule has 0 aromatic carbocycles. The van der Waals surface area contributed by atoms with Crippen molar-refractivity contribution in [3.63, 3.8) is 0 Å². The lowest BCUT2D eigenvalue weighted by Gasteiger charge is -2.38. The van der Waals surface area contributed by atoms with Crippen molar-refractivity contribution in [3.05, 3.63) is 0 Å². The molecule has 0 heterocycles. The van der Waals surface area contributed by atoms with Crippen LogP contribution in [0.4, 0.5) is 0 Å². The lowest BCUT2D eigenvalue weighted by Crippen LogP contribution is -2.57. The molecule has 5 nitrogen and oxygen atoms in total. The Morgan fingerprint density at radius 3 is 2.06 bits per heavy atom. The van der Waals surface area contributed by atoms with Crippen molar-refractivity contribution in [2.45, 2.75) is 52.2 Å². The Bertz CT molecular complexity index is 267. The highest BCUT2D eigenvalue weighted by Gasteiger charge is 2.35. The molecule has 3 N–H and O–H groups in total. The first-order chi connectivity index (χ1) is 7.06. The fraction of sp³-hybridized carbons (Fsp3) is 0.818. The minimum Gasteiger partial charge on any atom is -0.388 e. The Hall–Kier alpha value is -1.10. The number of nitrogens with one attached hydrogen (secondary N) is 2. The van der Waals surface area contributed by atoms with Gasteiger partial charge in [0.05, 0.1) is 11.1 Å². The first kappa shape index (κ1) is 14.9. The van der Waals surface area contributed by atoms with E-state index in [1.54, 1.807) is 27.7 Å². The molecule has 0 aliphatic heterocycles. The van der Waals surface area contributed by atoms with Gasteiger partial charge in [0.15, 0.2) is 0 Å². The Balaban J connectivity index is 4.10. The molecule has 0 aliphatic rings. The van der Waals surface area contributed by atoms with Crippen LogP contribution in [-0.2, 0) is 9.59 Å². The summed E-state index contributed by atoms with van der Waals surface area (Å²) in [6.45, 7) is 8.50. The maximum absolute atomic E-state index is 11.5. The highest BCUT2D eigenvalue weighted by atomic mass is 16.3. The van der Waals surface area contributed by atoms with E-state index in [0.717, 1.165) is 0 Å². The molecule has 0 saturated carbocycles. The van der Waals surface area contributed by atoms with Crippen LogP contribution >= 0.6 is 0 Å². The van der Waals surface area contributed by atoms with E-state index < -0.39 is 11.1 Å². The first-order valence-corrected chi connectivity index (χ1v) is 5.34. The zero-order chi connectivity index (χ0) is 13.0. The van der Waals surface area contributed by atoms with Gasteiger partial charge >= 0.3 is 0 Å². The smallest absolute Gasteiger partial charge is 0.222 e. The summed E-state index contributed by atoms with van der Waals surface area (Å²) in [5.41, 5.74) is -1.71. The highest BCUT2D eigenvalue weighted by Crippen LogP contribution is 2.20. The zero-order valence-corrected chi connectivity index (χ0v) is 10.7. The molecule has 94 valence electrons. The van der Waals surface area contributed by atoms with Crippen molar-refractivity contribution < 1.29 is 14.7 Å². The number of hydrogen-bond donors (Lipinski definition) is 3. The van der Waals surface area contributed by atoms with Gasteiger partial charge in [0.2, 0.25) is 11.8 Å². The van der Waals surface area contributed by atoms with Crippen molar-refractivity contribution in [2.75, 3.05) is 6.54 Å². The third kappa shape index (κ3) is 5.11. The van der Waals surface area contributed by atoms with E-state index in [9.17, 15) is 14.7 Å². The summed E-state index contributed by atoms with van der Waals surface area (Å²) in [7, 11) is 0. The van der Waals surface area contributed by atoms with Crippen molar-refractivity contribution in [3.8, 4) is 0 Å². The largest absolute Gasteiger partial charge is 0.388 e. The third-order valence-corrected chi connectivity index (χ3v) is 2.71. The van der Waals surface area contributed by atoms with Crippen molar-refractivity contribution >= 4 is 11.8 Å². The minimum atomic E-state index is -1.00. The van der Waals surface area contributed by atoms with Gasteiger partial charge in [0, 0.05) is 19.9 Å². The second kappa shape index (κ2) is 5.30. The summed E-state index contributed by atoms with van der Waals surface area (Å²) in [6.07, 6.45) is 0.207. The lowest BCUT2D eigenvalue weighted by molar-refractivity contribution is -0.126. The van der Waals surface area contributed by atoms with Crippen LogP contribution in [0.5, 0.6) is 0 Å². The van der Waals surface area contributed by atoms with Gasteiger partial charge in [-0.25, -0.2) is 0 Å². The normalized spacial score (nSPS) is 12.1. The number of amides is 2. The number of aliphatic hydroxyl groups is 1. The molecule has 0 bridgehead atoms. The van der Waals surface area contributed by atoms with Gasteiger partial charge in [-0.1, -0.05) is 0 Å².